The van der Waals surface area contributed by atoms with E-state index in [-0.39, 0.29) is 0 Å². The van der Waals surface area contributed by atoms with Crippen LogP contribution in [0.3, 0.4) is 0 Å². The number of sulfonamides is 1. The molecule has 0 spiro atoms. The van der Waals surface area contributed by atoms with E-state index in [9.17, 15) is 8.42 Å². The van der Waals surface area contributed by atoms with Gasteiger partial charge in [0.25, 0.3) is 10.0 Å². The molecule has 2 rings (SSSR count). The van der Waals surface area contributed by atoms with Crippen LogP contribution in [-0.2, 0) is 16.6 Å². The zero-order chi connectivity index (χ0) is 15.6. The third kappa shape index (κ3) is 3.12. The summed E-state index contributed by atoms with van der Waals surface area (Å²) >= 11 is 1.48. The highest BCUT2D eigenvalue weighted by Gasteiger charge is 2.27. The first-order valence-corrected chi connectivity index (χ1v) is 8.97. The predicted octanol–water partition coefficient (Wildman–Crippen LogP) is 2.91. The van der Waals surface area contributed by atoms with Crippen molar-refractivity contribution < 1.29 is 8.42 Å². The van der Waals surface area contributed by atoms with Crippen LogP contribution in [0.1, 0.15) is 16.0 Å². The molecule has 0 saturated carbocycles. The minimum absolute atomic E-state index is 0.422. The Hall–Kier alpha value is -1.37. The van der Waals surface area contributed by atoms with E-state index < -0.39 is 10.0 Å². The average molecular weight is 324 g/mol. The fourth-order valence-electron chi connectivity index (χ4n) is 2.22. The molecule has 114 valence electrons. The van der Waals surface area contributed by atoms with Gasteiger partial charge in [-0.05, 0) is 49.5 Å². The molecule has 1 aromatic carbocycles. The maximum absolute atomic E-state index is 12.9. The Morgan fingerprint density at radius 3 is 2.62 bits per heavy atom. The molecule has 0 atom stereocenters. The van der Waals surface area contributed by atoms with Crippen LogP contribution in [0.5, 0.6) is 0 Å². The van der Waals surface area contributed by atoms with E-state index in [4.69, 9.17) is 0 Å². The van der Waals surface area contributed by atoms with E-state index >= 15 is 0 Å². The van der Waals surface area contributed by atoms with Gasteiger partial charge >= 0.3 is 0 Å². The van der Waals surface area contributed by atoms with E-state index in [1.807, 2.05) is 50.5 Å². The number of hydrogen-bond donors (Lipinski definition) is 1. The minimum Gasteiger partial charge on any atom is -0.315 e. The summed E-state index contributed by atoms with van der Waals surface area (Å²) < 4.78 is 27.2. The molecule has 21 heavy (non-hydrogen) atoms. The Morgan fingerprint density at radius 1 is 1.29 bits per heavy atom. The summed E-state index contributed by atoms with van der Waals surface area (Å²) in [5.41, 5.74) is 2.51. The van der Waals surface area contributed by atoms with E-state index in [2.05, 4.69) is 5.32 Å². The lowest BCUT2D eigenvalue weighted by Crippen LogP contribution is -2.28. The number of nitrogens with one attached hydrogen (secondary N) is 1. The summed E-state index contributed by atoms with van der Waals surface area (Å²) in [4.78, 5) is 1.26. The summed E-state index contributed by atoms with van der Waals surface area (Å²) in [6, 6.07) is 7.50. The van der Waals surface area contributed by atoms with Gasteiger partial charge in [-0.25, -0.2) is 8.42 Å². The molecule has 2 aromatic rings. The topological polar surface area (TPSA) is 49.4 Å². The van der Waals surface area contributed by atoms with Crippen LogP contribution in [0.15, 0.2) is 34.5 Å². The first-order chi connectivity index (χ1) is 9.87. The molecule has 1 aromatic heterocycles. The second-order valence-corrected chi connectivity index (χ2v) is 7.88. The van der Waals surface area contributed by atoms with Crippen molar-refractivity contribution in [1.82, 2.24) is 5.32 Å². The Kier molecular flexibility index (Phi) is 4.70. The molecule has 0 saturated heterocycles. The first-order valence-electron chi connectivity index (χ1n) is 6.65. The lowest BCUT2D eigenvalue weighted by atomic mass is 10.2. The van der Waals surface area contributed by atoms with Crippen LogP contribution >= 0.6 is 11.3 Å². The quantitative estimate of drug-likeness (QED) is 0.920. The second kappa shape index (κ2) is 6.17. The van der Waals surface area contributed by atoms with Crippen LogP contribution in [0.25, 0.3) is 0 Å². The van der Waals surface area contributed by atoms with Gasteiger partial charge in [0, 0.05) is 18.5 Å². The SMILES string of the molecule is CNCc1scc(C)c1S(=O)(=O)N(C)c1cccc(C)c1. The van der Waals surface area contributed by atoms with Crippen LogP contribution in [0.2, 0.25) is 0 Å². The second-order valence-electron chi connectivity index (χ2n) is 5.01. The highest BCUT2D eigenvalue weighted by molar-refractivity contribution is 7.93. The summed E-state index contributed by atoms with van der Waals surface area (Å²) in [6.07, 6.45) is 0. The van der Waals surface area contributed by atoms with Gasteiger partial charge in [0.2, 0.25) is 0 Å². The molecule has 0 fully saturated rings. The van der Waals surface area contributed by atoms with Crippen molar-refractivity contribution in [3.63, 3.8) is 0 Å². The Labute approximate surface area is 130 Å². The van der Waals surface area contributed by atoms with Crippen molar-refractivity contribution >= 4 is 27.0 Å². The lowest BCUT2D eigenvalue weighted by Gasteiger charge is -2.21. The fraction of sp³-hybridized carbons (Fsp3) is 0.333. The van der Waals surface area contributed by atoms with Crippen LogP contribution < -0.4 is 9.62 Å². The molecule has 0 bridgehead atoms. The highest BCUT2D eigenvalue weighted by atomic mass is 32.2. The van der Waals surface area contributed by atoms with Crippen LogP contribution in [-0.4, -0.2) is 22.5 Å². The lowest BCUT2D eigenvalue weighted by molar-refractivity contribution is 0.592. The van der Waals surface area contributed by atoms with Gasteiger partial charge in [0.1, 0.15) is 4.90 Å². The van der Waals surface area contributed by atoms with Crippen molar-refractivity contribution in [2.75, 3.05) is 18.4 Å². The van der Waals surface area contributed by atoms with E-state index in [1.54, 1.807) is 7.05 Å². The minimum atomic E-state index is -3.55. The molecular formula is C15H20N2O2S2. The molecule has 0 amide bonds. The number of hydrogen-bond acceptors (Lipinski definition) is 4. The van der Waals surface area contributed by atoms with Crippen molar-refractivity contribution in [3.8, 4) is 0 Å². The van der Waals surface area contributed by atoms with Gasteiger partial charge in [-0.15, -0.1) is 11.3 Å². The fourth-order valence-corrected chi connectivity index (χ4v) is 5.17. The summed E-state index contributed by atoms with van der Waals surface area (Å²) in [5, 5.41) is 4.92. The molecule has 1 heterocycles. The standard InChI is InChI=1S/C15H20N2O2S2/c1-11-6-5-7-13(8-11)17(4)21(18,19)15-12(2)10-20-14(15)9-16-3/h5-8,10,16H,9H2,1-4H3. The molecule has 0 aliphatic heterocycles. The van der Waals surface area contributed by atoms with Crippen LogP contribution in [0.4, 0.5) is 5.69 Å². The van der Waals surface area contributed by atoms with Crippen molar-refractivity contribution in [2.24, 2.45) is 0 Å². The zero-order valence-electron chi connectivity index (χ0n) is 12.7. The Balaban J connectivity index is 2.49. The number of benzene rings is 1. The highest BCUT2D eigenvalue weighted by Crippen LogP contribution is 2.31. The van der Waals surface area contributed by atoms with E-state index in [1.165, 1.54) is 15.6 Å². The van der Waals surface area contributed by atoms with Gasteiger partial charge in [0.05, 0.1) is 5.69 Å². The van der Waals surface area contributed by atoms with E-state index in [0.29, 0.717) is 17.1 Å². The third-order valence-electron chi connectivity index (χ3n) is 3.31. The van der Waals surface area contributed by atoms with Gasteiger partial charge in [0.15, 0.2) is 0 Å². The van der Waals surface area contributed by atoms with Gasteiger partial charge in [-0.1, -0.05) is 12.1 Å². The summed E-state index contributed by atoms with van der Waals surface area (Å²) in [6.45, 7) is 4.34. The molecule has 1 N–H and O–H groups in total. The van der Waals surface area contributed by atoms with Gasteiger partial charge in [-0.3, -0.25) is 4.31 Å². The smallest absolute Gasteiger partial charge is 0.265 e. The maximum atomic E-state index is 12.9. The number of anilines is 1. The van der Waals surface area contributed by atoms with Crippen molar-refractivity contribution in [1.29, 1.82) is 0 Å². The third-order valence-corrected chi connectivity index (χ3v) is 6.56. The van der Waals surface area contributed by atoms with Crippen molar-refractivity contribution in [2.45, 2.75) is 25.3 Å². The van der Waals surface area contributed by atoms with E-state index in [0.717, 1.165) is 16.0 Å². The number of rotatable bonds is 5. The largest absolute Gasteiger partial charge is 0.315 e. The zero-order valence-corrected chi connectivity index (χ0v) is 14.3. The van der Waals surface area contributed by atoms with Crippen LogP contribution in [0, 0.1) is 13.8 Å². The molecule has 0 aliphatic rings. The Morgan fingerprint density at radius 2 is 2.00 bits per heavy atom. The normalized spacial score (nSPS) is 11.6. The summed E-state index contributed by atoms with van der Waals surface area (Å²) in [7, 11) is -0.128. The summed E-state index contributed by atoms with van der Waals surface area (Å²) in [5.74, 6) is 0. The molecule has 4 nitrogen and oxygen atoms in total. The number of nitrogens with zero attached hydrogens (tertiary/aromatic N) is 1. The predicted molar refractivity (Wildman–Crippen MR) is 88.6 cm³/mol. The average Bonchev–Trinajstić information content (AvgIpc) is 2.80. The molecule has 0 unspecified atom stereocenters. The first kappa shape index (κ1) is 16.0. The number of aryl methyl sites for hydroxylation is 2. The number of thiophene rings is 1. The maximum Gasteiger partial charge on any atom is 0.265 e. The Bertz CT molecular complexity index is 736. The van der Waals surface area contributed by atoms with Gasteiger partial charge in [-0.2, -0.15) is 0 Å². The monoisotopic (exact) mass is 324 g/mol. The molecular weight excluding hydrogens is 304 g/mol. The molecule has 0 aliphatic carbocycles. The molecule has 6 heteroatoms. The van der Waals surface area contributed by atoms with Crippen molar-refractivity contribution in [3.05, 3.63) is 45.6 Å². The molecule has 0 radical (unpaired) electrons. The van der Waals surface area contributed by atoms with Gasteiger partial charge < -0.3 is 5.32 Å².